The highest BCUT2D eigenvalue weighted by Crippen LogP contribution is 2.32. The van der Waals surface area contributed by atoms with Crippen LogP contribution < -0.4 is 24.3 Å². The Morgan fingerprint density at radius 3 is 1.26 bits per heavy atom. The number of amides is 2. The minimum absolute atomic E-state index is 0.0222. The predicted molar refractivity (Wildman–Crippen MR) is 258 cm³/mol. The van der Waals surface area contributed by atoms with Crippen molar-refractivity contribution >= 4 is 34.4 Å². The van der Waals surface area contributed by atoms with Crippen molar-refractivity contribution in [1.82, 2.24) is 14.9 Å². The second kappa shape index (κ2) is 27.0. The monoisotopic (exact) mass is 977 g/mol. The molecule has 0 fully saturated rings. The zero-order valence-corrected chi connectivity index (χ0v) is 39.8. The lowest BCUT2D eigenvalue weighted by Crippen LogP contribution is -2.43. The maximum absolute atomic E-state index is 12.4. The lowest BCUT2D eigenvalue weighted by molar-refractivity contribution is -0.143. The molecule has 0 aliphatic rings. The van der Waals surface area contributed by atoms with Gasteiger partial charge in [-0.05, 0) is 57.6 Å². The van der Waals surface area contributed by atoms with Crippen LogP contribution in [0.2, 0.25) is 0 Å². The molecule has 0 aliphatic carbocycles. The minimum atomic E-state index is -4.10. The van der Waals surface area contributed by atoms with Crippen molar-refractivity contribution in [2.75, 3.05) is 28.3 Å². The first-order valence-electron chi connectivity index (χ1n) is 21.7. The molecule has 0 saturated heterocycles. The van der Waals surface area contributed by atoms with E-state index in [0.717, 1.165) is 26.6 Å². The van der Waals surface area contributed by atoms with Crippen molar-refractivity contribution in [2.45, 2.75) is 51.4 Å². The third-order valence-electron chi connectivity index (χ3n) is 10.0. The molecule has 6 aromatic rings. The molecule has 0 aliphatic heterocycles. The summed E-state index contributed by atoms with van der Waals surface area (Å²) in [6.45, 7) is 0.592. The van der Waals surface area contributed by atoms with E-state index in [1.165, 1.54) is 40.4 Å². The fraction of sp³-hybridized carbons (Fsp3) is 0.231. The van der Waals surface area contributed by atoms with Crippen LogP contribution in [-0.4, -0.2) is 82.4 Å². The maximum atomic E-state index is 12.4. The molecular weight excluding hydrogens is 923 g/mol. The third-order valence-corrected chi connectivity index (χ3v) is 11.3. The Hall–Kier alpha value is -8.09. The number of nitrogens with one attached hydrogen (secondary N) is 2. The first kappa shape index (κ1) is 52.9. The summed E-state index contributed by atoms with van der Waals surface area (Å²) in [6.07, 6.45) is -1.46. The largest absolute Gasteiger partial charge is 0.504 e. The van der Waals surface area contributed by atoms with Crippen LogP contribution in [0.1, 0.15) is 33.4 Å². The van der Waals surface area contributed by atoms with E-state index in [4.69, 9.17) is 32.6 Å². The van der Waals surface area contributed by atoms with Crippen LogP contribution in [-0.2, 0) is 78.1 Å². The Bertz CT molecular complexity index is 2710. The molecule has 0 unspecified atom stereocenters. The van der Waals surface area contributed by atoms with Gasteiger partial charge in [0.2, 0.25) is 0 Å². The highest BCUT2D eigenvalue weighted by molar-refractivity contribution is 7.84. The summed E-state index contributed by atoms with van der Waals surface area (Å²) in [4.78, 5) is 49.1. The summed E-state index contributed by atoms with van der Waals surface area (Å²) in [5.74, 6) is -0.938. The average Bonchev–Trinajstić information content (AvgIpc) is 3.37. The Labute approximate surface area is 407 Å². The van der Waals surface area contributed by atoms with E-state index in [0.29, 0.717) is 23.5 Å². The van der Waals surface area contributed by atoms with Gasteiger partial charge in [0.05, 0.1) is 14.2 Å². The summed E-state index contributed by atoms with van der Waals surface area (Å²) in [6, 6.07) is 44.6. The molecule has 6 aromatic carbocycles. The Balaban J connectivity index is 0.000000265. The number of phenols is 1. The molecule has 0 saturated carbocycles. The van der Waals surface area contributed by atoms with E-state index in [-0.39, 0.29) is 49.9 Å². The van der Waals surface area contributed by atoms with Crippen LogP contribution in [0.15, 0.2) is 158 Å². The number of carbonyl (C=O) groups is 4. The number of rotatable bonds is 21. The van der Waals surface area contributed by atoms with Gasteiger partial charge in [-0.25, -0.2) is 19.2 Å². The molecule has 17 nitrogen and oxygen atoms in total. The van der Waals surface area contributed by atoms with E-state index in [1.54, 1.807) is 36.4 Å². The second-order valence-corrected chi connectivity index (χ2v) is 17.2. The normalized spacial score (nSPS) is 11.6. The summed E-state index contributed by atoms with van der Waals surface area (Å²) in [5.41, 5.74) is 4.57. The molecule has 0 heterocycles. The fourth-order valence-corrected chi connectivity index (χ4v) is 6.80. The molecule has 0 spiro atoms. The van der Waals surface area contributed by atoms with E-state index in [2.05, 4.69) is 10.6 Å². The lowest BCUT2D eigenvalue weighted by atomic mass is 10.1. The van der Waals surface area contributed by atoms with Crippen LogP contribution in [0.4, 0.5) is 9.59 Å². The van der Waals surface area contributed by atoms with Gasteiger partial charge in [-0.3, -0.25) is 0 Å². The van der Waals surface area contributed by atoms with Crippen molar-refractivity contribution in [3.8, 4) is 23.0 Å². The quantitative estimate of drug-likeness (QED) is 0.0472. The third kappa shape index (κ3) is 17.5. The molecule has 18 heteroatoms. The first-order chi connectivity index (χ1) is 33.7. The summed E-state index contributed by atoms with van der Waals surface area (Å²) in [5, 5.41) is 15.3. The molecule has 3 N–H and O–H groups in total. The highest BCUT2D eigenvalue weighted by Gasteiger charge is 2.26. The Morgan fingerprint density at radius 1 is 0.500 bits per heavy atom. The smallest absolute Gasteiger partial charge is 0.408 e. The van der Waals surface area contributed by atoms with Crippen LogP contribution in [0.25, 0.3) is 0 Å². The van der Waals surface area contributed by atoms with Crippen LogP contribution in [0.3, 0.4) is 0 Å². The van der Waals surface area contributed by atoms with Gasteiger partial charge in [0.25, 0.3) is 0 Å². The molecule has 0 bridgehead atoms. The van der Waals surface area contributed by atoms with Crippen molar-refractivity contribution in [1.29, 1.82) is 0 Å². The average molecular weight is 978 g/mol. The Kier molecular flexibility index (Phi) is 20.4. The number of hydrogen-bond acceptors (Lipinski definition) is 14. The molecule has 0 radical (unpaired) electrons. The van der Waals surface area contributed by atoms with Gasteiger partial charge in [0, 0.05) is 26.9 Å². The molecule has 2 amide bonds. The predicted octanol–water partition coefficient (Wildman–Crippen LogP) is 7.44. The van der Waals surface area contributed by atoms with Crippen molar-refractivity contribution in [3.05, 3.63) is 191 Å². The molecular formula is C52H55N3O14S. The number of alkyl carbamates (subject to hydrolysis) is 2. The standard InChI is InChI=1S/C27H30N2O8S.C25H25NO6/c1-29(2)38(32,33)37-25-17-22(14-15-24(25)35-18-20-10-6-4-7-11-20)16-23(26(30)34-3)28-27(31)36-19-21-12-8-5-9-13-21;1-30-24(28)21(26-25(29)32-17-19-10-6-3-7-11-19)14-20-12-13-23(22(27)15-20)31-16-18-8-4-2-5-9-18/h4-15,17,23H,16,18-19H2,1-3H3,(H,28,31);2-13,15,21,27H,14,16-17H2,1H3,(H,26,29)/t23-;21-/m00/s1. The summed E-state index contributed by atoms with van der Waals surface area (Å²) in [7, 11) is 1.01. The number of esters is 2. The second-order valence-electron chi connectivity index (χ2n) is 15.4. The van der Waals surface area contributed by atoms with E-state index in [1.807, 2.05) is 109 Å². The fourth-order valence-electron chi connectivity index (χ4n) is 6.29. The topological polar surface area (TPSA) is 215 Å². The number of ether oxygens (including phenoxy) is 6. The van der Waals surface area contributed by atoms with E-state index < -0.39 is 46.5 Å². The number of methoxy groups -OCH3 is 2. The van der Waals surface area contributed by atoms with E-state index >= 15 is 0 Å². The van der Waals surface area contributed by atoms with Crippen molar-refractivity contribution < 1.29 is 65.3 Å². The van der Waals surface area contributed by atoms with Gasteiger partial charge >= 0.3 is 34.4 Å². The summed E-state index contributed by atoms with van der Waals surface area (Å²) >= 11 is 0. The maximum Gasteiger partial charge on any atom is 0.408 e. The van der Waals surface area contributed by atoms with E-state index in [9.17, 15) is 32.7 Å². The Morgan fingerprint density at radius 2 is 0.871 bits per heavy atom. The van der Waals surface area contributed by atoms with Crippen molar-refractivity contribution in [3.63, 3.8) is 0 Å². The highest BCUT2D eigenvalue weighted by atomic mass is 32.2. The molecule has 6 rings (SSSR count). The van der Waals surface area contributed by atoms with Gasteiger partial charge in [0.15, 0.2) is 23.0 Å². The number of hydrogen-bond donors (Lipinski definition) is 3. The number of nitrogens with zero attached hydrogens (tertiary/aromatic N) is 1. The number of phenolic OH excluding ortho intramolecular Hbond substituents is 1. The molecule has 368 valence electrons. The van der Waals surface area contributed by atoms with Gasteiger partial charge in [-0.2, -0.15) is 12.7 Å². The lowest BCUT2D eigenvalue weighted by Gasteiger charge is -2.19. The van der Waals surface area contributed by atoms with Crippen LogP contribution >= 0.6 is 0 Å². The zero-order chi connectivity index (χ0) is 50.3. The molecule has 0 aromatic heterocycles. The van der Waals surface area contributed by atoms with Gasteiger partial charge in [-0.1, -0.05) is 133 Å². The van der Waals surface area contributed by atoms with Gasteiger partial charge < -0.3 is 48.3 Å². The van der Waals surface area contributed by atoms with Crippen LogP contribution in [0.5, 0.6) is 23.0 Å². The van der Waals surface area contributed by atoms with Crippen molar-refractivity contribution in [2.24, 2.45) is 0 Å². The first-order valence-corrected chi connectivity index (χ1v) is 23.1. The zero-order valence-electron chi connectivity index (χ0n) is 39.0. The van der Waals surface area contributed by atoms with Gasteiger partial charge in [0.1, 0.15) is 38.5 Å². The van der Waals surface area contributed by atoms with Crippen LogP contribution in [0, 0.1) is 0 Å². The summed E-state index contributed by atoms with van der Waals surface area (Å²) < 4.78 is 62.6. The molecule has 70 heavy (non-hydrogen) atoms. The number of aromatic hydroxyl groups is 1. The number of carbonyl (C=O) groups excluding carboxylic acids is 4. The SMILES string of the molecule is COC(=O)[C@H](Cc1ccc(OCc2ccccc2)c(O)c1)NC(=O)OCc1ccccc1.COC(=O)[C@H](Cc1ccc(OCc2ccccc2)c(OS(=O)(=O)N(C)C)c1)NC(=O)OCc1ccccc1. The minimum Gasteiger partial charge on any atom is -0.504 e. The molecule has 2 atom stereocenters. The number of benzene rings is 6. The van der Waals surface area contributed by atoms with Gasteiger partial charge in [-0.15, -0.1) is 0 Å².